The summed E-state index contributed by atoms with van der Waals surface area (Å²) in [6.45, 7) is 36.5. The molecule has 0 aliphatic carbocycles. The van der Waals surface area contributed by atoms with Crippen LogP contribution in [0.4, 0.5) is 0 Å². The van der Waals surface area contributed by atoms with Gasteiger partial charge in [-0.05, 0) is 60.8 Å². The minimum atomic E-state index is -1.90. The van der Waals surface area contributed by atoms with E-state index >= 15 is 0 Å². The molecular weight excluding hydrogens is 435 g/mol. The summed E-state index contributed by atoms with van der Waals surface area (Å²) in [5.74, 6) is 0. The molecule has 1 saturated heterocycles. The van der Waals surface area contributed by atoms with E-state index in [-0.39, 0.29) is 27.3 Å². The lowest BCUT2D eigenvalue weighted by molar-refractivity contribution is -0.00343. The molecule has 31 heavy (non-hydrogen) atoms. The Morgan fingerprint density at radius 3 is 1.42 bits per heavy atom. The first-order valence-electron chi connectivity index (χ1n) is 12.2. The minimum absolute atomic E-state index is 0.110. The van der Waals surface area contributed by atoms with Crippen molar-refractivity contribution in [3.05, 3.63) is 0 Å². The molecule has 186 valence electrons. The van der Waals surface area contributed by atoms with Gasteiger partial charge in [-0.25, -0.2) is 0 Å². The van der Waals surface area contributed by atoms with Crippen LogP contribution in [0.5, 0.6) is 0 Å². The Hall–Kier alpha value is 0.491. The lowest BCUT2D eigenvalue weighted by Gasteiger charge is -2.48. The van der Waals surface area contributed by atoms with Crippen molar-refractivity contribution in [1.29, 1.82) is 0 Å². The van der Waals surface area contributed by atoms with Crippen LogP contribution < -0.4 is 5.32 Å². The van der Waals surface area contributed by atoms with Crippen LogP contribution in [0.25, 0.3) is 0 Å². The van der Waals surface area contributed by atoms with Crippen molar-refractivity contribution in [2.45, 2.75) is 141 Å². The van der Waals surface area contributed by atoms with Crippen LogP contribution in [0.1, 0.15) is 68.7 Å². The van der Waals surface area contributed by atoms with Gasteiger partial charge in [0, 0.05) is 19.2 Å². The molecule has 0 amide bonds. The molecule has 4 nitrogen and oxygen atoms in total. The van der Waals surface area contributed by atoms with Gasteiger partial charge >= 0.3 is 0 Å². The van der Waals surface area contributed by atoms with Gasteiger partial charge in [-0.15, -0.1) is 0 Å². The summed E-state index contributed by atoms with van der Waals surface area (Å²) in [7, 11) is -5.54. The van der Waals surface area contributed by atoms with Crippen molar-refractivity contribution >= 4 is 25.0 Å². The highest BCUT2D eigenvalue weighted by atomic mass is 28.4. The summed E-state index contributed by atoms with van der Waals surface area (Å²) < 4.78 is 20.5. The fraction of sp³-hybridized carbons (Fsp3) is 1.00. The third-order valence-corrected chi connectivity index (χ3v) is 22.0. The zero-order valence-corrected chi connectivity index (χ0v) is 26.6. The number of piperidine rings is 1. The van der Waals surface area contributed by atoms with Crippen molar-refractivity contribution in [3.8, 4) is 0 Å². The van der Waals surface area contributed by atoms with Gasteiger partial charge in [-0.3, -0.25) is 0 Å². The number of rotatable bonds is 7. The highest BCUT2D eigenvalue weighted by molar-refractivity contribution is 6.75. The molecule has 7 heteroatoms. The molecular formula is C24H55NO3Si3. The SMILES string of the molecule is CC(C)(C)[Si](C)(C)OC[C@@H]1CC(O[Si](C)(C)C(C)(C)C)C(O[Si](C)(C)C(C)(C)C)CN1. The summed E-state index contributed by atoms with van der Waals surface area (Å²) in [5, 5.41) is 4.36. The van der Waals surface area contributed by atoms with Gasteiger partial charge in [0.1, 0.15) is 0 Å². The van der Waals surface area contributed by atoms with Crippen molar-refractivity contribution < 1.29 is 13.3 Å². The first kappa shape index (κ1) is 29.5. The van der Waals surface area contributed by atoms with E-state index in [1.165, 1.54) is 0 Å². The van der Waals surface area contributed by atoms with E-state index in [0.29, 0.717) is 6.04 Å². The zero-order chi connectivity index (χ0) is 24.7. The second-order valence-corrected chi connectivity index (χ2v) is 28.6. The molecule has 0 bridgehead atoms. The largest absolute Gasteiger partial charge is 0.415 e. The Morgan fingerprint density at radius 2 is 1.03 bits per heavy atom. The maximum atomic E-state index is 7.00. The normalized spacial score (nSPS) is 25.1. The van der Waals surface area contributed by atoms with E-state index < -0.39 is 25.0 Å². The Kier molecular flexibility index (Phi) is 9.17. The third-order valence-electron chi connectivity index (χ3n) is 8.50. The van der Waals surface area contributed by atoms with Crippen LogP contribution in [0.3, 0.4) is 0 Å². The topological polar surface area (TPSA) is 39.7 Å². The summed E-state index contributed by atoms with van der Waals surface area (Å²) in [5.41, 5.74) is 0. The molecule has 0 spiro atoms. The summed E-state index contributed by atoms with van der Waals surface area (Å²) in [4.78, 5) is 0. The quantitative estimate of drug-likeness (QED) is 0.385. The first-order chi connectivity index (χ1) is 13.5. The fourth-order valence-corrected chi connectivity index (χ4v) is 6.69. The standard InChI is InChI=1S/C24H55NO3Si3/c1-22(2,3)29(10,11)26-18-19-16-20(27-30(12,13)23(4,5)6)21(17-25-19)28-31(14,15)24(7,8)9/h19-21,25H,16-18H2,1-15H3/t19-,20?,21?/m0/s1. The Morgan fingerprint density at radius 1 is 0.645 bits per heavy atom. The molecule has 0 saturated carbocycles. The average molecular weight is 490 g/mol. The highest BCUT2D eigenvalue weighted by Crippen LogP contribution is 2.42. The van der Waals surface area contributed by atoms with E-state index in [1.807, 2.05) is 0 Å². The minimum Gasteiger partial charge on any atom is -0.415 e. The van der Waals surface area contributed by atoms with Crippen molar-refractivity contribution in [3.63, 3.8) is 0 Å². The Balaban J connectivity index is 3.02. The molecule has 0 aromatic rings. The molecule has 1 N–H and O–H groups in total. The van der Waals surface area contributed by atoms with Crippen LogP contribution >= 0.6 is 0 Å². The first-order valence-corrected chi connectivity index (χ1v) is 21.0. The predicted molar refractivity (Wildman–Crippen MR) is 144 cm³/mol. The fourth-order valence-electron chi connectivity index (χ4n) is 2.93. The van der Waals surface area contributed by atoms with E-state index in [0.717, 1.165) is 19.6 Å². The molecule has 0 aromatic heterocycles. The Bertz CT molecular complexity index is 586. The van der Waals surface area contributed by atoms with Gasteiger partial charge in [-0.2, -0.15) is 0 Å². The van der Waals surface area contributed by atoms with Crippen LogP contribution in [-0.2, 0) is 13.3 Å². The van der Waals surface area contributed by atoms with Crippen molar-refractivity contribution in [1.82, 2.24) is 5.32 Å². The van der Waals surface area contributed by atoms with Crippen LogP contribution in [0.15, 0.2) is 0 Å². The lowest BCUT2D eigenvalue weighted by Crippen LogP contribution is -2.60. The predicted octanol–water partition coefficient (Wildman–Crippen LogP) is 7.15. The molecule has 1 aliphatic rings. The van der Waals surface area contributed by atoms with Gasteiger partial charge in [0.25, 0.3) is 0 Å². The van der Waals surface area contributed by atoms with E-state index in [2.05, 4.69) is 107 Å². The molecule has 3 atom stereocenters. The molecule has 1 heterocycles. The third kappa shape index (κ3) is 7.76. The van der Waals surface area contributed by atoms with E-state index in [4.69, 9.17) is 13.3 Å². The summed E-state index contributed by atoms with van der Waals surface area (Å²) >= 11 is 0. The molecule has 0 aromatic carbocycles. The van der Waals surface area contributed by atoms with Gasteiger partial charge in [-0.1, -0.05) is 62.3 Å². The Labute approximate surface area is 198 Å². The van der Waals surface area contributed by atoms with Gasteiger partial charge in [0.2, 0.25) is 0 Å². The number of hydrogen-bond acceptors (Lipinski definition) is 4. The van der Waals surface area contributed by atoms with Crippen LogP contribution in [0.2, 0.25) is 54.4 Å². The van der Waals surface area contributed by atoms with Crippen molar-refractivity contribution in [2.24, 2.45) is 0 Å². The molecule has 1 aliphatic heterocycles. The van der Waals surface area contributed by atoms with Gasteiger partial charge in [0.15, 0.2) is 25.0 Å². The second-order valence-electron chi connectivity index (χ2n) is 14.2. The maximum Gasteiger partial charge on any atom is 0.192 e. The number of hydrogen-bond donors (Lipinski definition) is 1. The van der Waals surface area contributed by atoms with Gasteiger partial charge < -0.3 is 18.6 Å². The molecule has 0 radical (unpaired) electrons. The molecule has 2 unspecified atom stereocenters. The van der Waals surface area contributed by atoms with Crippen LogP contribution in [-0.4, -0.2) is 56.4 Å². The monoisotopic (exact) mass is 489 g/mol. The maximum absolute atomic E-state index is 7.00. The lowest BCUT2D eigenvalue weighted by atomic mass is 10.0. The van der Waals surface area contributed by atoms with Crippen molar-refractivity contribution in [2.75, 3.05) is 13.2 Å². The molecule has 1 rings (SSSR count). The number of nitrogens with one attached hydrogen (secondary N) is 1. The van der Waals surface area contributed by atoms with E-state index in [1.54, 1.807) is 0 Å². The highest BCUT2D eigenvalue weighted by Gasteiger charge is 2.47. The van der Waals surface area contributed by atoms with E-state index in [9.17, 15) is 0 Å². The zero-order valence-electron chi connectivity index (χ0n) is 23.6. The van der Waals surface area contributed by atoms with Crippen LogP contribution in [0, 0.1) is 0 Å². The second kappa shape index (κ2) is 9.62. The summed E-state index contributed by atoms with van der Waals surface area (Å²) in [6.07, 6.45) is 1.20. The summed E-state index contributed by atoms with van der Waals surface area (Å²) in [6, 6.07) is 0.322. The molecule has 1 fully saturated rings. The smallest absolute Gasteiger partial charge is 0.192 e. The average Bonchev–Trinajstić information content (AvgIpc) is 2.51. The van der Waals surface area contributed by atoms with Gasteiger partial charge in [0.05, 0.1) is 12.2 Å².